The first kappa shape index (κ1) is 18.2. The van der Waals surface area contributed by atoms with Crippen LogP contribution in [-0.2, 0) is 4.79 Å². The topological polar surface area (TPSA) is 115 Å². The highest BCUT2D eigenvalue weighted by molar-refractivity contribution is 5.95. The van der Waals surface area contributed by atoms with Gasteiger partial charge in [-0.3, -0.25) is 14.5 Å². The number of aromatic nitrogens is 1. The Labute approximate surface area is 152 Å². The van der Waals surface area contributed by atoms with Gasteiger partial charge in [0.1, 0.15) is 11.7 Å². The second-order valence-electron chi connectivity index (χ2n) is 6.72. The number of nitrogens with zero attached hydrogens (tertiary/aromatic N) is 2. The summed E-state index contributed by atoms with van der Waals surface area (Å²) in [6, 6.07) is 2.81. The zero-order valence-electron chi connectivity index (χ0n) is 14.6. The first-order valence-corrected chi connectivity index (χ1v) is 9.07. The highest BCUT2D eigenvalue weighted by atomic mass is 16.5. The number of nitrogens with one attached hydrogen (secondary N) is 1. The van der Waals surface area contributed by atoms with E-state index in [1.807, 2.05) is 0 Å². The highest BCUT2D eigenvalue weighted by Crippen LogP contribution is 2.28. The number of primary amides is 1. The summed E-state index contributed by atoms with van der Waals surface area (Å²) in [6.07, 6.45) is 6.17. The monoisotopic (exact) mass is 360 g/mol. The summed E-state index contributed by atoms with van der Waals surface area (Å²) < 4.78 is 5.87. The fourth-order valence-electron chi connectivity index (χ4n) is 3.54. The van der Waals surface area contributed by atoms with Gasteiger partial charge in [0.05, 0.1) is 0 Å². The van der Waals surface area contributed by atoms with E-state index >= 15 is 0 Å². The molecular weight excluding hydrogens is 336 g/mol. The van der Waals surface area contributed by atoms with E-state index in [1.54, 1.807) is 18.3 Å². The third-order valence-corrected chi connectivity index (χ3v) is 4.90. The van der Waals surface area contributed by atoms with Gasteiger partial charge < -0.3 is 15.8 Å². The molecule has 2 aliphatic rings. The SMILES string of the molecule is NC(=O)c1cccnc1OC1CCC(N2C(=O)CCCCNC2=O)CC1. The molecule has 26 heavy (non-hydrogen) atoms. The normalized spacial score (nSPS) is 24.4. The zero-order valence-corrected chi connectivity index (χ0v) is 14.6. The first-order valence-electron chi connectivity index (χ1n) is 9.07. The average Bonchev–Trinajstić information content (AvgIpc) is 2.62. The summed E-state index contributed by atoms with van der Waals surface area (Å²) in [6.45, 7) is 0.608. The summed E-state index contributed by atoms with van der Waals surface area (Å²) in [4.78, 5) is 41.6. The molecule has 3 rings (SSSR count). The molecule has 0 radical (unpaired) electrons. The van der Waals surface area contributed by atoms with E-state index < -0.39 is 5.91 Å². The minimum Gasteiger partial charge on any atom is -0.474 e. The number of imide groups is 1. The van der Waals surface area contributed by atoms with Crippen LogP contribution in [0, 0.1) is 0 Å². The van der Waals surface area contributed by atoms with Crippen molar-refractivity contribution in [2.24, 2.45) is 5.73 Å². The van der Waals surface area contributed by atoms with Crippen molar-refractivity contribution in [3.8, 4) is 5.88 Å². The summed E-state index contributed by atoms with van der Waals surface area (Å²) in [7, 11) is 0. The Morgan fingerprint density at radius 3 is 2.73 bits per heavy atom. The zero-order chi connectivity index (χ0) is 18.5. The van der Waals surface area contributed by atoms with Crippen LogP contribution < -0.4 is 15.8 Å². The lowest BCUT2D eigenvalue weighted by Gasteiger charge is -2.36. The smallest absolute Gasteiger partial charge is 0.324 e. The fourth-order valence-corrected chi connectivity index (χ4v) is 3.54. The molecule has 8 nitrogen and oxygen atoms in total. The number of pyridine rings is 1. The van der Waals surface area contributed by atoms with E-state index in [0.29, 0.717) is 38.6 Å². The van der Waals surface area contributed by atoms with Gasteiger partial charge in [0.2, 0.25) is 11.8 Å². The first-order chi connectivity index (χ1) is 12.6. The van der Waals surface area contributed by atoms with Crippen molar-refractivity contribution in [2.75, 3.05) is 6.54 Å². The average molecular weight is 360 g/mol. The molecule has 1 aliphatic carbocycles. The van der Waals surface area contributed by atoms with Crippen LogP contribution in [0.1, 0.15) is 55.3 Å². The molecule has 1 aromatic rings. The summed E-state index contributed by atoms with van der Waals surface area (Å²) in [5.41, 5.74) is 5.61. The van der Waals surface area contributed by atoms with Crippen LogP contribution in [-0.4, -0.2) is 46.4 Å². The second-order valence-corrected chi connectivity index (χ2v) is 6.72. The Bertz CT molecular complexity index is 668. The number of ether oxygens (including phenoxy) is 1. The predicted molar refractivity (Wildman–Crippen MR) is 93.5 cm³/mol. The molecule has 0 atom stereocenters. The molecule has 1 aromatic heterocycles. The van der Waals surface area contributed by atoms with Crippen LogP contribution in [0.4, 0.5) is 4.79 Å². The van der Waals surface area contributed by atoms with Crippen molar-refractivity contribution in [3.05, 3.63) is 23.9 Å². The van der Waals surface area contributed by atoms with Crippen molar-refractivity contribution in [2.45, 2.75) is 57.1 Å². The number of amides is 4. The van der Waals surface area contributed by atoms with E-state index in [1.165, 1.54) is 4.90 Å². The minimum absolute atomic E-state index is 0.104. The predicted octanol–water partition coefficient (Wildman–Crippen LogP) is 1.59. The van der Waals surface area contributed by atoms with E-state index in [9.17, 15) is 14.4 Å². The molecule has 140 valence electrons. The molecule has 8 heteroatoms. The van der Waals surface area contributed by atoms with Crippen LogP contribution in [0.15, 0.2) is 18.3 Å². The van der Waals surface area contributed by atoms with Crippen LogP contribution in [0.3, 0.4) is 0 Å². The standard InChI is InChI=1S/C18H24N4O4/c19-16(24)14-4-3-11-20-17(14)26-13-8-6-12(7-9-13)22-15(23)5-1-2-10-21-18(22)25/h3-4,11-13H,1-2,5-10H2,(H2,19,24)(H,21,25). The van der Waals surface area contributed by atoms with Crippen molar-refractivity contribution in [1.29, 1.82) is 0 Å². The lowest BCUT2D eigenvalue weighted by atomic mass is 9.91. The molecule has 4 amide bonds. The lowest BCUT2D eigenvalue weighted by Crippen LogP contribution is -2.52. The van der Waals surface area contributed by atoms with Gasteiger partial charge in [-0.1, -0.05) is 0 Å². The number of carbonyl (C=O) groups is 3. The molecule has 0 unspecified atom stereocenters. The maximum absolute atomic E-state index is 12.3. The van der Waals surface area contributed by atoms with Crippen molar-refractivity contribution < 1.29 is 19.1 Å². The van der Waals surface area contributed by atoms with Gasteiger partial charge in [-0.25, -0.2) is 9.78 Å². The van der Waals surface area contributed by atoms with Gasteiger partial charge in [-0.2, -0.15) is 0 Å². The Kier molecular flexibility index (Phi) is 5.70. The quantitative estimate of drug-likeness (QED) is 0.846. The second kappa shape index (κ2) is 8.16. The lowest BCUT2D eigenvalue weighted by molar-refractivity contribution is -0.131. The highest BCUT2D eigenvalue weighted by Gasteiger charge is 2.34. The van der Waals surface area contributed by atoms with Crippen molar-refractivity contribution >= 4 is 17.8 Å². The van der Waals surface area contributed by atoms with Crippen LogP contribution in [0.25, 0.3) is 0 Å². The molecule has 3 N–H and O–H groups in total. The van der Waals surface area contributed by atoms with Gasteiger partial charge in [0.25, 0.3) is 5.91 Å². The Morgan fingerprint density at radius 1 is 1.23 bits per heavy atom. The number of hydrogen-bond acceptors (Lipinski definition) is 5. The molecule has 0 spiro atoms. The summed E-state index contributed by atoms with van der Waals surface area (Å²) in [5, 5.41) is 2.81. The summed E-state index contributed by atoms with van der Waals surface area (Å²) >= 11 is 0. The fraction of sp³-hybridized carbons (Fsp3) is 0.556. The number of urea groups is 1. The van der Waals surface area contributed by atoms with Gasteiger partial charge in [-0.05, 0) is 50.7 Å². The molecule has 2 heterocycles. The molecule has 0 aromatic carbocycles. The Hall–Kier alpha value is -2.64. The third kappa shape index (κ3) is 4.12. The van der Waals surface area contributed by atoms with Crippen LogP contribution in [0.5, 0.6) is 5.88 Å². The van der Waals surface area contributed by atoms with Crippen LogP contribution >= 0.6 is 0 Å². The third-order valence-electron chi connectivity index (χ3n) is 4.90. The van der Waals surface area contributed by atoms with E-state index in [-0.39, 0.29) is 35.5 Å². The molecule has 0 bridgehead atoms. The molecule has 2 fully saturated rings. The molecule has 1 saturated heterocycles. The van der Waals surface area contributed by atoms with Crippen molar-refractivity contribution in [1.82, 2.24) is 15.2 Å². The number of hydrogen-bond donors (Lipinski definition) is 2. The molecule has 1 saturated carbocycles. The Morgan fingerprint density at radius 2 is 2.00 bits per heavy atom. The maximum Gasteiger partial charge on any atom is 0.324 e. The van der Waals surface area contributed by atoms with E-state index in [4.69, 9.17) is 10.5 Å². The minimum atomic E-state index is -0.579. The number of carbonyl (C=O) groups excluding carboxylic acids is 3. The largest absolute Gasteiger partial charge is 0.474 e. The van der Waals surface area contributed by atoms with Gasteiger partial charge >= 0.3 is 6.03 Å². The van der Waals surface area contributed by atoms with Crippen molar-refractivity contribution in [3.63, 3.8) is 0 Å². The number of nitrogens with two attached hydrogens (primary N) is 1. The molecular formula is C18H24N4O4. The van der Waals surface area contributed by atoms with Gasteiger partial charge in [-0.15, -0.1) is 0 Å². The van der Waals surface area contributed by atoms with E-state index in [2.05, 4.69) is 10.3 Å². The van der Waals surface area contributed by atoms with E-state index in [0.717, 1.165) is 12.8 Å². The Balaban J connectivity index is 1.61. The molecule has 1 aliphatic heterocycles. The van der Waals surface area contributed by atoms with Crippen LogP contribution in [0.2, 0.25) is 0 Å². The maximum atomic E-state index is 12.3. The van der Waals surface area contributed by atoms with Gasteiger partial charge in [0, 0.05) is 25.2 Å². The summed E-state index contributed by atoms with van der Waals surface area (Å²) in [5.74, 6) is -0.444. The van der Waals surface area contributed by atoms with Gasteiger partial charge in [0.15, 0.2) is 0 Å². The number of rotatable bonds is 4.